The van der Waals surface area contributed by atoms with E-state index in [1.54, 1.807) is 24.3 Å². The fraction of sp³-hybridized carbons (Fsp3) is 0.235. The zero-order valence-corrected chi connectivity index (χ0v) is 12.4. The maximum Gasteiger partial charge on any atom is 0.337 e. The van der Waals surface area contributed by atoms with Gasteiger partial charge in [-0.15, -0.1) is 0 Å². The molecule has 4 nitrogen and oxygen atoms in total. The minimum atomic E-state index is -0.359. The summed E-state index contributed by atoms with van der Waals surface area (Å²) in [6.45, 7) is 4.30. The molecule has 0 radical (unpaired) electrons. The van der Waals surface area contributed by atoms with Gasteiger partial charge in [0.2, 0.25) is 0 Å². The number of ether oxygens (including phenoxy) is 1. The first-order chi connectivity index (χ1) is 10.1. The summed E-state index contributed by atoms with van der Waals surface area (Å²) in [5.41, 5.74) is 3.26. The van der Waals surface area contributed by atoms with Crippen molar-refractivity contribution in [1.82, 2.24) is 0 Å². The van der Waals surface area contributed by atoms with E-state index in [1.807, 2.05) is 12.1 Å². The van der Waals surface area contributed by atoms with Gasteiger partial charge in [-0.25, -0.2) is 4.79 Å². The van der Waals surface area contributed by atoms with Crippen LogP contribution >= 0.6 is 0 Å². The fourth-order valence-electron chi connectivity index (χ4n) is 1.82. The highest BCUT2D eigenvalue weighted by Crippen LogP contribution is 2.21. The predicted molar refractivity (Wildman–Crippen MR) is 82.5 cm³/mol. The Morgan fingerprint density at radius 3 is 1.81 bits per heavy atom. The molecule has 0 aliphatic heterocycles. The molecule has 0 fully saturated rings. The van der Waals surface area contributed by atoms with E-state index in [2.05, 4.69) is 40.9 Å². The lowest BCUT2D eigenvalue weighted by molar-refractivity contribution is 0.0601. The van der Waals surface area contributed by atoms with Crippen molar-refractivity contribution in [3.8, 4) is 0 Å². The highest BCUT2D eigenvalue weighted by atomic mass is 16.5. The van der Waals surface area contributed by atoms with Crippen LogP contribution in [0.3, 0.4) is 0 Å². The second kappa shape index (κ2) is 6.79. The van der Waals surface area contributed by atoms with Crippen molar-refractivity contribution in [2.45, 2.75) is 19.8 Å². The molecule has 0 saturated heterocycles. The van der Waals surface area contributed by atoms with E-state index in [0.29, 0.717) is 17.2 Å². The Balaban J connectivity index is 2.08. The van der Waals surface area contributed by atoms with Crippen molar-refractivity contribution in [2.24, 2.45) is 10.2 Å². The number of azo groups is 1. The van der Waals surface area contributed by atoms with E-state index in [9.17, 15) is 4.79 Å². The molecule has 0 aliphatic rings. The molecule has 4 heteroatoms. The van der Waals surface area contributed by atoms with Gasteiger partial charge in [-0.05, 0) is 47.9 Å². The summed E-state index contributed by atoms with van der Waals surface area (Å²) >= 11 is 0. The number of rotatable bonds is 4. The van der Waals surface area contributed by atoms with Crippen LogP contribution in [0.4, 0.5) is 11.4 Å². The third kappa shape index (κ3) is 3.99. The van der Waals surface area contributed by atoms with Crippen LogP contribution in [-0.4, -0.2) is 13.1 Å². The SMILES string of the molecule is COC(=O)c1ccc(N=Nc2ccc(C(C)C)cc2)cc1. The molecule has 2 aromatic carbocycles. The molecular weight excluding hydrogens is 264 g/mol. The third-order valence-corrected chi connectivity index (χ3v) is 3.13. The quantitative estimate of drug-likeness (QED) is 0.584. The van der Waals surface area contributed by atoms with E-state index in [1.165, 1.54) is 12.7 Å². The lowest BCUT2D eigenvalue weighted by atomic mass is 10.0. The summed E-state index contributed by atoms with van der Waals surface area (Å²) < 4.78 is 4.64. The molecule has 0 aliphatic carbocycles. The van der Waals surface area contributed by atoms with Gasteiger partial charge in [-0.3, -0.25) is 0 Å². The minimum Gasteiger partial charge on any atom is -0.465 e. The number of methoxy groups -OCH3 is 1. The highest BCUT2D eigenvalue weighted by molar-refractivity contribution is 5.89. The molecule has 0 heterocycles. The molecule has 0 amide bonds. The Morgan fingerprint density at radius 1 is 0.905 bits per heavy atom. The van der Waals surface area contributed by atoms with Gasteiger partial charge in [0.15, 0.2) is 0 Å². The summed E-state index contributed by atoms with van der Waals surface area (Å²) in [6, 6.07) is 14.8. The topological polar surface area (TPSA) is 51.0 Å². The smallest absolute Gasteiger partial charge is 0.337 e. The Labute approximate surface area is 124 Å². The Kier molecular flexibility index (Phi) is 4.82. The normalized spacial score (nSPS) is 11.0. The Bertz CT molecular complexity index is 629. The van der Waals surface area contributed by atoms with Gasteiger partial charge in [0.05, 0.1) is 24.0 Å². The average molecular weight is 282 g/mol. The lowest BCUT2D eigenvalue weighted by Gasteiger charge is -2.04. The first-order valence-electron chi connectivity index (χ1n) is 6.80. The van der Waals surface area contributed by atoms with Crippen molar-refractivity contribution in [2.75, 3.05) is 7.11 Å². The Morgan fingerprint density at radius 2 is 1.38 bits per heavy atom. The van der Waals surface area contributed by atoms with E-state index in [-0.39, 0.29) is 5.97 Å². The van der Waals surface area contributed by atoms with Crippen molar-refractivity contribution in [3.63, 3.8) is 0 Å². The van der Waals surface area contributed by atoms with Crippen molar-refractivity contribution in [1.29, 1.82) is 0 Å². The largest absolute Gasteiger partial charge is 0.465 e. The third-order valence-electron chi connectivity index (χ3n) is 3.13. The van der Waals surface area contributed by atoms with E-state index < -0.39 is 0 Å². The van der Waals surface area contributed by atoms with Gasteiger partial charge < -0.3 is 4.74 Å². The average Bonchev–Trinajstić information content (AvgIpc) is 2.53. The van der Waals surface area contributed by atoms with Crippen molar-refractivity contribution < 1.29 is 9.53 Å². The Hall–Kier alpha value is -2.49. The number of nitrogens with zero attached hydrogens (tertiary/aromatic N) is 2. The molecule has 0 bridgehead atoms. The van der Waals surface area contributed by atoms with Gasteiger partial charge in [0.25, 0.3) is 0 Å². The van der Waals surface area contributed by atoms with Crippen LogP contribution in [0.5, 0.6) is 0 Å². The van der Waals surface area contributed by atoms with Gasteiger partial charge in [0, 0.05) is 0 Å². The maximum atomic E-state index is 11.3. The van der Waals surface area contributed by atoms with Crippen molar-refractivity contribution in [3.05, 3.63) is 59.7 Å². The first-order valence-corrected chi connectivity index (χ1v) is 6.80. The molecule has 0 spiro atoms. The molecular formula is C17H18N2O2. The zero-order chi connectivity index (χ0) is 15.2. The molecule has 0 saturated carbocycles. The van der Waals surface area contributed by atoms with Crippen LogP contribution < -0.4 is 0 Å². The summed E-state index contributed by atoms with van der Waals surface area (Å²) in [5.74, 6) is 0.143. The van der Waals surface area contributed by atoms with Gasteiger partial charge in [0.1, 0.15) is 0 Å². The standard InChI is InChI=1S/C17H18N2O2/c1-12(2)13-4-8-15(9-5-13)18-19-16-10-6-14(7-11-16)17(20)21-3/h4-12H,1-3H3. The highest BCUT2D eigenvalue weighted by Gasteiger charge is 2.03. The monoisotopic (exact) mass is 282 g/mol. The summed E-state index contributed by atoms with van der Waals surface area (Å²) in [4.78, 5) is 11.3. The van der Waals surface area contributed by atoms with Crippen LogP contribution in [0.2, 0.25) is 0 Å². The van der Waals surface area contributed by atoms with E-state index in [4.69, 9.17) is 0 Å². The second-order valence-electron chi connectivity index (χ2n) is 4.98. The second-order valence-corrected chi connectivity index (χ2v) is 4.98. The summed E-state index contributed by atoms with van der Waals surface area (Å²) in [6.07, 6.45) is 0. The number of hydrogen-bond acceptors (Lipinski definition) is 4. The predicted octanol–water partition coefficient (Wildman–Crippen LogP) is 5.01. The number of benzene rings is 2. The maximum absolute atomic E-state index is 11.3. The van der Waals surface area contributed by atoms with Crippen LogP contribution in [-0.2, 0) is 4.74 Å². The molecule has 0 unspecified atom stereocenters. The molecule has 0 atom stereocenters. The van der Waals surface area contributed by atoms with Crippen LogP contribution in [0.25, 0.3) is 0 Å². The summed E-state index contributed by atoms with van der Waals surface area (Å²) in [5, 5.41) is 8.33. The van der Waals surface area contributed by atoms with Crippen LogP contribution in [0.15, 0.2) is 58.8 Å². The van der Waals surface area contributed by atoms with E-state index >= 15 is 0 Å². The lowest BCUT2D eigenvalue weighted by Crippen LogP contribution is -1.99. The van der Waals surface area contributed by atoms with Crippen LogP contribution in [0, 0.1) is 0 Å². The van der Waals surface area contributed by atoms with E-state index in [0.717, 1.165) is 5.69 Å². The van der Waals surface area contributed by atoms with Gasteiger partial charge in [-0.2, -0.15) is 10.2 Å². The van der Waals surface area contributed by atoms with Crippen LogP contribution in [0.1, 0.15) is 35.7 Å². The van der Waals surface area contributed by atoms with Gasteiger partial charge >= 0.3 is 5.97 Å². The van der Waals surface area contributed by atoms with Gasteiger partial charge in [-0.1, -0.05) is 26.0 Å². The molecule has 0 N–H and O–H groups in total. The molecule has 2 aromatic rings. The molecule has 108 valence electrons. The first kappa shape index (κ1) is 14.9. The zero-order valence-electron chi connectivity index (χ0n) is 12.4. The fourth-order valence-corrected chi connectivity index (χ4v) is 1.82. The number of carbonyl (C=O) groups excluding carboxylic acids is 1. The number of esters is 1. The number of carbonyl (C=O) groups is 1. The molecule has 2 rings (SSSR count). The summed E-state index contributed by atoms with van der Waals surface area (Å²) in [7, 11) is 1.36. The molecule has 21 heavy (non-hydrogen) atoms. The minimum absolute atomic E-state index is 0.359. The van der Waals surface area contributed by atoms with Crippen molar-refractivity contribution >= 4 is 17.3 Å². The number of hydrogen-bond donors (Lipinski definition) is 0. The molecule has 0 aromatic heterocycles.